The second-order valence-corrected chi connectivity index (χ2v) is 6.16. The number of carbonyl (C=O) groups is 1. The van der Waals surface area contributed by atoms with Gasteiger partial charge in [0.15, 0.2) is 11.5 Å². The molecule has 0 aliphatic carbocycles. The van der Waals surface area contributed by atoms with Crippen LogP contribution in [0.5, 0.6) is 11.5 Å². The van der Waals surface area contributed by atoms with Crippen LogP contribution in [-0.4, -0.2) is 26.2 Å². The van der Waals surface area contributed by atoms with Gasteiger partial charge in [-0.25, -0.2) is 4.39 Å². The summed E-state index contributed by atoms with van der Waals surface area (Å²) in [6.45, 7) is -2.70. The minimum atomic E-state index is -2.96. The third-order valence-electron chi connectivity index (χ3n) is 3.33. The summed E-state index contributed by atoms with van der Waals surface area (Å²) in [6, 6.07) is 8.85. The maximum Gasteiger partial charge on any atom is 0.387 e. The van der Waals surface area contributed by atoms with Crippen molar-refractivity contribution < 1.29 is 27.4 Å². The van der Waals surface area contributed by atoms with E-state index in [2.05, 4.69) is 10.1 Å². The fourth-order valence-corrected chi connectivity index (χ4v) is 2.46. The summed E-state index contributed by atoms with van der Waals surface area (Å²) in [5, 5.41) is 2.65. The molecule has 0 fully saturated rings. The molecule has 0 radical (unpaired) electrons. The first-order valence-electron chi connectivity index (χ1n) is 7.25. The molecule has 2 aromatic rings. The molecule has 0 saturated carbocycles. The maximum absolute atomic E-state index is 13.5. The molecule has 0 aromatic heterocycles. The van der Waals surface area contributed by atoms with Gasteiger partial charge in [-0.05, 0) is 64.9 Å². The lowest BCUT2D eigenvalue weighted by Gasteiger charge is -2.12. The summed E-state index contributed by atoms with van der Waals surface area (Å²) < 4.78 is 48.1. The number of amides is 1. The molecule has 0 atom stereocenters. The molecule has 0 unspecified atom stereocenters. The van der Waals surface area contributed by atoms with Gasteiger partial charge in [0, 0.05) is 15.7 Å². The number of hydrogen-bond acceptors (Lipinski definition) is 3. The highest BCUT2D eigenvalue weighted by molar-refractivity contribution is 14.1. The van der Waals surface area contributed by atoms with Gasteiger partial charge in [0.2, 0.25) is 0 Å². The quantitative estimate of drug-likeness (QED) is 0.629. The van der Waals surface area contributed by atoms with E-state index in [1.807, 2.05) is 22.6 Å². The van der Waals surface area contributed by atoms with Crippen molar-refractivity contribution in [1.82, 2.24) is 5.32 Å². The molecular formula is C17H15F3INO3. The summed E-state index contributed by atoms with van der Waals surface area (Å²) in [5.41, 5.74) is 0.903. The Hall–Kier alpha value is -1.97. The van der Waals surface area contributed by atoms with Crippen molar-refractivity contribution in [2.24, 2.45) is 0 Å². The smallest absolute Gasteiger partial charge is 0.387 e. The van der Waals surface area contributed by atoms with Crippen LogP contribution in [0.25, 0.3) is 0 Å². The van der Waals surface area contributed by atoms with Crippen LogP contribution in [0.1, 0.15) is 15.9 Å². The maximum atomic E-state index is 13.5. The normalized spacial score (nSPS) is 10.6. The van der Waals surface area contributed by atoms with Crippen LogP contribution in [0.15, 0.2) is 36.4 Å². The third-order valence-corrected chi connectivity index (χ3v) is 4.20. The first kappa shape index (κ1) is 19.4. The number of nitrogens with one attached hydrogen (secondary N) is 1. The van der Waals surface area contributed by atoms with E-state index >= 15 is 0 Å². The summed E-state index contributed by atoms with van der Waals surface area (Å²) in [5.74, 6) is -0.742. The van der Waals surface area contributed by atoms with E-state index in [1.54, 1.807) is 6.07 Å². The number of alkyl halides is 2. The van der Waals surface area contributed by atoms with Gasteiger partial charge >= 0.3 is 6.61 Å². The first-order valence-corrected chi connectivity index (χ1v) is 8.33. The number of halogens is 4. The Balaban J connectivity index is 1.96. The van der Waals surface area contributed by atoms with E-state index in [9.17, 15) is 18.0 Å². The summed E-state index contributed by atoms with van der Waals surface area (Å²) in [6.07, 6.45) is 0.391. The van der Waals surface area contributed by atoms with Crippen LogP contribution in [0.4, 0.5) is 13.2 Å². The Morgan fingerprint density at radius 3 is 2.60 bits per heavy atom. The number of hydrogen-bond donors (Lipinski definition) is 1. The molecule has 0 heterocycles. The van der Waals surface area contributed by atoms with E-state index in [-0.39, 0.29) is 23.6 Å². The molecule has 1 N–H and O–H groups in total. The fourth-order valence-electron chi connectivity index (χ4n) is 2.12. The van der Waals surface area contributed by atoms with Crippen molar-refractivity contribution in [3.63, 3.8) is 0 Å². The topological polar surface area (TPSA) is 47.6 Å². The zero-order valence-electron chi connectivity index (χ0n) is 13.2. The molecule has 0 bridgehead atoms. The van der Waals surface area contributed by atoms with Crippen LogP contribution in [0.3, 0.4) is 0 Å². The molecule has 25 heavy (non-hydrogen) atoms. The van der Waals surface area contributed by atoms with Crippen LogP contribution in [0.2, 0.25) is 0 Å². The average molecular weight is 465 g/mol. The second-order valence-electron chi connectivity index (χ2n) is 5.00. The number of benzene rings is 2. The number of rotatable bonds is 7. The number of methoxy groups -OCH3 is 1. The molecule has 2 rings (SSSR count). The molecule has 0 aliphatic heterocycles. The van der Waals surface area contributed by atoms with E-state index in [0.29, 0.717) is 15.6 Å². The SMILES string of the molecule is COc1ccc(CCNC(=O)c2ccc(I)c(F)c2)cc1OC(F)F. The fraction of sp³-hybridized carbons (Fsp3) is 0.235. The van der Waals surface area contributed by atoms with E-state index in [4.69, 9.17) is 4.74 Å². The second kappa shape index (κ2) is 8.93. The summed E-state index contributed by atoms with van der Waals surface area (Å²) in [7, 11) is 1.35. The molecule has 1 amide bonds. The van der Waals surface area contributed by atoms with Gasteiger partial charge in [0.05, 0.1) is 7.11 Å². The molecule has 134 valence electrons. The molecular weight excluding hydrogens is 450 g/mol. The number of ether oxygens (including phenoxy) is 2. The monoisotopic (exact) mass is 465 g/mol. The van der Waals surface area contributed by atoms with Crippen LogP contribution in [0, 0.1) is 9.39 Å². The van der Waals surface area contributed by atoms with Crippen molar-refractivity contribution in [1.29, 1.82) is 0 Å². The van der Waals surface area contributed by atoms with Crippen LogP contribution >= 0.6 is 22.6 Å². The van der Waals surface area contributed by atoms with Crippen molar-refractivity contribution >= 4 is 28.5 Å². The van der Waals surface area contributed by atoms with Gasteiger partial charge in [0.25, 0.3) is 5.91 Å². The highest BCUT2D eigenvalue weighted by atomic mass is 127. The molecule has 0 saturated heterocycles. The van der Waals surface area contributed by atoms with Crippen molar-refractivity contribution in [2.45, 2.75) is 13.0 Å². The predicted molar refractivity (Wildman–Crippen MR) is 94.8 cm³/mol. The summed E-state index contributed by atoms with van der Waals surface area (Å²) >= 11 is 1.84. The minimum absolute atomic E-state index is 0.0685. The van der Waals surface area contributed by atoms with Gasteiger partial charge in [-0.1, -0.05) is 6.07 Å². The lowest BCUT2D eigenvalue weighted by Crippen LogP contribution is -2.25. The lowest BCUT2D eigenvalue weighted by atomic mass is 10.1. The molecule has 4 nitrogen and oxygen atoms in total. The Kier molecular flexibility index (Phi) is 6.91. The predicted octanol–water partition coefficient (Wildman–Crippen LogP) is 4.01. The lowest BCUT2D eigenvalue weighted by molar-refractivity contribution is -0.0512. The molecule has 8 heteroatoms. The van der Waals surface area contributed by atoms with E-state index < -0.39 is 18.3 Å². The Bertz CT molecular complexity index is 756. The van der Waals surface area contributed by atoms with Crippen LogP contribution < -0.4 is 14.8 Å². The average Bonchev–Trinajstić information content (AvgIpc) is 2.57. The highest BCUT2D eigenvalue weighted by Gasteiger charge is 2.12. The van der Waals surface area contributed by atoms with E-state index in [0.717, 1.165) is 0 Å². The van der Waals surface area contributed by atoms with Gasteiger partial charge in [-0.3, -0.25) is 4.79 Å². The Morgan fingerprint density at radius 2 is 1.96 bits per heavy atom. The van der Waals surface area contributed by atoms with Crippen molar-refractivity contribution in [3.8, 4) is 11.5 Å². The zero-order chi connectivity index (χ0) is 18.4. The van der Waals surface area contributed by atoms with Crippen LogP contribution in [-0.2, 0) is 6.42 Å². The van der Waals surface area contributed by atoms with Gasteiger partial charge in [-0.15, -0.1) is 0 Å². The summed E-state index contributed by atoms with van der Waals surface area (Å²) in [4.78, 5) is 12.0. The van der Waals surface area contributed by atoms with Crippen molar-refractivity contribution in [2.75, 3.05) is 13.7 Å². The zero-order valence-corrected chi connectivity index (χ0v) is 15.3. The number of carbonyl (C=O) groups excluding carboxylic acids is 1. The Morgan fingerprint density at radius 1 is 1.20 bits per heavy atom. The molecule has 0 spiro atoms. The van der Waals surface area contributed by atoms with Gasteiger partial charge in [0.1, 0.15) is 5.82 Å². The van der Waals surface area contributed by atoms with Crippen molar-refractivity contribution in [3.05, 3.63) is 56.9 Å². The largest absolute Gasteiger partial charge is 0.493 e. The minimum Gasteiger partial charge on any atom is -0.493 e. The van der Waals surface area contributed by atoms with Gasteiger partial charge in [-0.2, -0.15) is 8.78 Å². The highest BCUT2D eigenvalue weighted by Crippen LogP contribution is 2.29. The molecule has 2 aromatic carbocycles. The standard InChI is InChI=1S/C17H15F3INO3/c1-24-14-5-2-10(8-15(14)25-17(19)20)6-7-22-16(23)11-3-4-13(21)12(18)9-11/h2-5,8-9,17H,6-7H2,1H3,(H,22,23). The third kappa shape index (κ3) is 5.52. The first-order chi connectivity index (χ1) is 11.9. The Labute approximate surface area is 156 Å². The van der Waals surface area contributed by atoms with Gasteiger partial charge < -0.3 is 14.8 Å². The van der Waals surface area contributed by atoms with E-state index in [1.165, 1.54) is 37.4 Å². The molecule has 0 aliphatic rings.